The molecule has 0 atom stereocenters. The van der Waals surface area contributed by atoms with E-state index in [2.05, 4.69) is 0 Å². The van der Waals surface area contributed by atoms with Crippen LogP contribution in [0.3, 0.4) is 0 Å². The highest BCUT2D eigenvalue weighted by Crippen LogP contribution is 2.22. The molecule has 0 N–H and O–H groups in total. The van der Waals surface area contributed by atoms with E-state index in [4.69, 9.17) is 0 Å². The van der Waals surface area contributed by atoms with Crippen LogP contribution in [0.4, 0.5) is 0 Å². The van der Waals surface area contributed by atoms with Crippen molar-refractivity contribution in [2.24, 2.45) is 14.1 Å². The van der Waals surface area contributed by atoms with Gasteiger partial charge in [0.2, 0.25) is 10.0 Å². The number of imidazole rings is 1. The van der Waals surface area contributed by atoms with Crippen molar-refractivity contribution in [1.29, 1.82) is 0 Å². The molecular weight excluding hydrogens is 404 g/mol. The molecule has 1 saturated heterocycles. The number of amides is 1. The van der Waals surface area contributed by atoms with Crippen molar-refractivity contribution in [3.05, 3.63) is 64.1 Å². The lowest BCUT2D eigenvalue weighted by Crippen LogP contribution is -2.50. The second kappa shape index (κ2) is 7.41. The van der Waals surface area contributed by atoms with Crippen LogP contribution in [0.15, 0.2) is 52.2 Å². The molecule has 1 amide bonds. The summed E-state index contributed by atoms with van der Waals surface area (Å²) in [5, 5.41) is 0. The highest BCUT2D eigenvalue weighted by Gasteiger charge is 2.31. The zero-order valence-electron chi connectivity index (χ0n) is 17.2. The van der Waals surface area contributed by atoms with Crippen molar-refractivity contribution >= 4 is 27.0 Å². The molecule has 9 heteroatoms. The van der Waals surface area contributed by atoms with E-state index >= 15 is 0 Å². The highest BCUT2D eigenvalue weighted by atomic mass is 32.2. The summed E-state index contributed by atoms with van der Waals surface area (Å²) in [4.78, 5) is 26.7. The summed E-state index contributed by atoms with van der Waals surface area (Å²) < 4.78 is 30.6. The van der Waals surface area contributed by atoms with E-state index < -0.39 is 10.0 Å². The first-order chi connectivity index (χ1) is 14.2. The van der Waals surface area contributed by atoms with Gasteiger partial charge in [-0.15, -0.1) is 0 Å². The van der Waals surface area contributed by atoms with E-state index in [1.54, 1.807) is 31.1 Å². The SMILES string of the molecule is Cc1cccc(C(=O)N2CCN(S(=O)(=O)c3ccc4c(c3)n(C)c(=O)n4C)CC2)c1. The third-order valence-corrected chi connectivity index (χ3v) is 7.57. The molecule has 3 aromatic rings. The molecule has 1 aliphatic heterocycles. The predicted octanol–water partition coefficient (Wildman–Crippen LogP) is 1.33. The highest BCUT2D eigenvalue weighted by molar-refractivity contribution is 7.89. The molecule has 0 unspecified atom stereocenters. The van der Waals surface area contributed by atoms with Crippen molar-refractivity contribution in [2.75, 3.05) is 26.2 Å². The minimum absolute atomic E-state index is 0.0866. The molecule has 0 radical (unpaired) electrons. The Hall–Kier alpha value is -2.91. The van der Waals surface area contributed by atoms with Gasteiger partial charge >= 0.3 is 5.69 Å². The number of benzene rings is 2. The van der Waals surface area contributed by atoms with Crippen molar-refractivity contribution in [3.8, 4) is 0 Å². The van der Waals surface area contributed by atoms with Crippen LogP contribution in [0.1, 0.15) is 15.9 Å². The fraction of sp³-hybridized carbons (Fsp3) is 0.333. The number of sulfonamides is 1. The van der Waals surface area contributed by atoms with Crippen molar-refractivity contribution < 1.29 is 13.2 Å². The fourth-order valence-electron chi connectivity index (χ4n) is 3.89. The van der Waals surface area contributed by atoms with Crippen molar-refractivity contribution in [1.82, 2.24) is 18.3 Å². The molecule has 2 aromatic carbocycles. The Kier molecular flexibility index (Phi) is 5.03. The van der Waals surface area contributed by atoms with Crippen molar-refractivity contribution in [3.63, 3.8) is 0 Å². The molecule has 1 fully saturated rings. The molecule has 30 heavy (non-hydrogen) atoms. The maximum atomic E-state index is 13.2. The Morgan fingerprint density at radius 2 is 1.57 bits per heavy atom. The maximum absolute atomic E-state index is 13.2. The van der Waals surface area contributed by atoms with Gasteiger partial charge in [-0.1, -0.05) is 17.7 Å². The lowest BCUT2D eigenvalue weighted by molar-refractivity contribution is 0.0698. The van der Waals surface area contributed by atoms with E-state index in [1.807, 2.05) is 25.1 Å². The quantitative estimate of drug-likeness (QED) is 0.630. The molecule has 4 rings (SSSR count). The first kappa shape index (κ1) is 20.4. The first-order valence-corrected chi connectivity index (χ1v) is 11.2. The minimum Gasteiger partial charge on any atom is -0.336 e. The Morgan fingerprint density at radius 3 is 2.23 bits per heavy atom. The third-order valence-electron chi connectivity index (χ3n) is 5.67. The van der Waals surface area contributed by atoms with Crippen LogP contribution in [0.25, 0.3) is 11.0 Å². The Bertz CT molecular complexity index is 1300. The average molecular weight is 429 g/mol. The van der Waals surface area contributed by atoms with Gasteiger partial charge in [0.15, 0.2) is 0 Å². The molecule has 0 aliphatic carbocycles. The van der Waals surface area contributed by atoms with E-state index in [9.17, 15) is 18.0 Å². The summed E-state index contributed by atoms with van der Waals surface area (Å²) in [5.41, 5.74) is 2.66. The van der Waals surface area contributed by atoms with E-state index in [0.717, 1.165) is 5.56 Å². The second-order valence-electron chi connectivity index (χ2n) is 7.62. The van der Waals surface area contributed by atoms with Gasteiger partial charge in [-0.25, -0.2) is 13.2 Å². The van der Waals surface area contributed by atoms with Crippen LogP contribution in [0.2, 0.25) is 0 Å². The molecule has 0 spiro atoms. The molecule has 8 nitrogen and oxygen atoms in total. The van der Waals surface area contributed by atoms with Crippen LogP contribution in [0, 0.1) is 6.92 Å². The largest absolute Gasteiger partial charge is 0.336 e. The average Bonchev–Trinajstić information content (AvgIpc) is 2.97. The van der Waals surface area contributed by atoms with Gasteiger partial charge in [0.25, 0.3) is 5.91 Å². The number of hydrogen-bond donors (Lipinski definition) is 0. The summed E-state index contributed by atoms with van der Waals surface area (Å²) in [5.74, 6) is -0.0866. The van der Waals surface area contributed by atoms with Crippen LogP contribution >= 0.6 is 0 Å². The molecule has 1 aromatic heterocycles. The third kappa shape index (κ3) is 3.33. The first-order valence-electron chi connectivity index (χ1n) is 9.72. The molecule has 2 heterocycles. The summed E-state index contributed by atoms with van der Waals surface area (Å²) in [6.45, 7) is 3.05. The number of rotatable bonds is 3. The van der Waals surface area contributed by atoms with E-state index in [1.165, 1.54) is 25.6 Å². The number of carbonyl (C=O) groups excluding carboxylic acids is 1. The number of piperazine rings is 1. The fourth-order valence-corrected chi connectivity index (χ4v) is 5.33. The Balaban J connectivity index is 1.54. The van der Waals surface area contributed by atoms with Gasteiger partial charge in [-0.2, -0.15) is 4.31 Å². The standard InChI is InChI=1S/C21H24N4O4S/c1-15-5-4-6-16(13-15)20(26)24-9-11-25(12-10-24)30(28,29)17-7-8-18-19(14-17)23(3)21(27)22(18)2/h4-8,13-14H,9-12H2,1-3H3. The molecular formula is C21H24N4O4S. The Labute approximate surface area is 175 Å². The van der Waals surface area contributed by atoms with Gasteiger partial charge in [-0.3, -0.25) is 13.9 Å². The number of aryl methyl sites for hydroxylation is 3. The second-order valence-corrected chi connectivity index (χ2v) is 9.55. The zero-order chi connectivity index (χ0) is 21.6. The zero-order valence-corrected chi connectivity index (χ0v) is 18.0. The number of hydrogen-bond acceptors (Lipinski definition) is 4. The van der Waals surface area contributed by atoms with Gasteiger partial charge in [0, 0.05) is 45.8 Å². The summed E-state index contributed by atoms with van der Waals surface area (Å²) in [6, 6.07) is 12.1. The smallest absolute Gasteiger partial charge is 0.328 e. The normalized spacial score (nSPS) is 15.6. The van der Waals surface area contributed by atoms with Crippen molar-refractivity contribution in [2.45, 2.75) is 11.8 Å². The van der Waals surface area contributed by atoms with Gasteiger partial charge in [-0.05, 0) is 37.3 Å². The summed E-state index contributed by atoms with van der Waals surface area (Å²) >= 11 is 0. The molecule has 1 aliphatic rings. The minimum atomic E-state index is -3.72. The summed E-state index contributed by atoms with van der Waals surface area (Å²) in [6.07, 6.45) is 0. The van der Waals surface area contributed by atoms with Crippen LogP contribution in [-0.4, -0.2) is 58.8 Å². The number of fused-ring (bicyclic) bond motifs is 1. The van der Waals surface area contributed by atoms with E-state index in [-0.39, 0.29) is 29.6 Å². The van der Waals surface area contributed by atoms with Crippen LogP contribution in [0.5, 0.6) is 0 Å². The van der Waals surface area contributed by atoms with E-state index in [0.29, 0.717) is 29.7 Å². The van der Waals surface area contributed by atoms with Gasteiger partial charge in [0.1, 0.15) is 0 Å². The molecule has 0 saturated carbocycles. The number of aromatic nitrogens is 2. The maximum Gasteiger partial charge on any atom is 0.328 e. The Morgan fingerprint density at radius 1 is 0.900 bits per heavy atom. The number of nitrogens with zero attached hydrogens (tertiary/aromatic N) is 4. The number of carbonyl (C=O) groups is 1. The van der Waals surface area contributed by atoms with Crippen LogP contribution < -0.4 is 5.69 Å². The molecule has 0 bridgehead atoms. The van der Waals surface area contributed by atoms with Crippen LogP contribution in [-0.2, 0) is 24.1 Å². The van der Waals surface area contributed by atoms with Gasteiger partial charge in [0.05, 0.1) is 15.9 Å². The monoisotopic (exact) mass is 428 g/mol. The lowest BCUT2D eigenvalue weighted by atomic mass is 10.1. The molecule has 158 valence electrons. The summed E-state index contributed by atoms with van der Waals surface area (Å²) in [7, 11) is -0.446. The van der Waals surface area contributed by atoms with Gasteiger partial charge < -0.3 is 4.90 Å². The lowest BCUT2D eigenvalue weighted by Gasteiger charge is -2.34. The topological polar surface area (TPSA) is 84.6 Å². The predicted molar refractivity (Wildman–Crippen MR) is 114 cm³/mol.